The van der Waals surface area contributed by atoms with Crippen LogP contribution >= 0.6 is 34.8 Å². The molecule has 0 amide bonds. The van der Waals surface area contributed by atoms with Gasteiger partial charge in [-0.3, -0.25) is 0 Å². The Bertz CT molecular complexity index is 530. The minimum Gasteiger partial charge on any atom is -0.220 e. The summed E-state index contributed by atoms with van der Waals surface area (Å²) in [6, 6.07) is 7.53. The number of hydrogen-bond donors (Lipinski definition) is 0. The lowest BCUT2D eigenvalue weighted by Crippen LogP contribution is -2.01. The van der Waals surface area contributed by atoms with Gasteiger partial charge < -0.3 is 0 Å². The molecule has 1 heterocycles. The normalized spacial score (nSPS) is 10.7. The molecular formula is C13H11Cl3N2. The molecule has 2 nitrogen and oxygen atoms in total. The second kappa shape index (κ2) is 5.87. The van der Waals surface area contributed by atoms with E-state index in [9.17, 15) is 0 Å². The molecule has 0 atom stereocenters. The lowest BCUT2D eigenvalue weighted by Gasteiger charge is -2.06. The van der Waals surface area contributed by atoms with Gasteiger partial charge >= 0.3 is 0 Å². The second-order valence-electron chi connectivity index (χ2n) is 3.86. The predicted octanol–water partition coefficient (Wildman–Crippen LogP) is 4.59. The van der Waals surface area contributed by atoms with Crippen LogP contribution in [-0.2, 0) is 12.8 Å². The van der Waals surface area contributed by atoms with Crippen molar-refractivity contribution in [3.05, 3.63) is 56.5 Å². The van der Waals surface area contributed by atoms with Crippen molar-refractivity contribution >= 4 is 34.8 Å². The first kappa shape index (κ1) is 13.6. The first-order chi connectivity index (χ1) is 8.60. The lowest BCUT2D eigenvalue weighted by atomic mass is 10.1. The molecular weight excluding hydrogens is 291 g/mol. The van der Waals surface area contributed by atoms with Gasteiger partial charge in [0.2, 0.25) is 0 Å². The van der Waals surface area contributed by atoms with Crippen LogP contribution in [0.1, 0.15) is 23.9 Å². The van der Waals surface area contributed by atoms with E-state index in [-0.39, 0.29) is 0 Å². The van der Waals surface area contributed by atoms with Crippen LogP contribution in [0.4, 0.5) is 0 Å². The fraction of sp³-hybridized carbons (Fsp3) is 0.231. The van der Waals surface area contributed by atoms with Gasteiger partial charge in [-0.15, -0.1) is 0 Å². The maximum absolute atomic E-state index is 6.07. The molecule has 0 bridgehead atoms. The largest absolute Gasteiger partial charge is 0.220 e. The lowest BCUT2D eigenvalue weighted by molar-refractivity contribution is 0.936. The van der Waals surface area contributed by atoms with Crippen LogP contribution in [0.2, 0.25) is 15.3 Å². The van der Waals surface area contributed by atoms with Gasteiger partial charge in [0.25, 0.3) is 0 Å². The number of benzene rings is 1. The Labute approximate surface area is 121 Å². The van der Waals surface area contributed by atoms with Crippen molar-refractivity contribution in [3.63, 3.8) is 0 Å². The quantitative estimate of drug-likeness (QED) is 0.775. The molecule has 0 spiro atoms. The molecule has 0 saturated heterocycles. The van der Waals surface area contributed by atoms with E-state index in [1.54, 1.807) is 0 Å². The highest BCUT2D eigenvalue weighted by molar-refractivity contribution is 6.34. The van der Waals surface area contributed by atoms with Crippen LogP contribution in [0.3, 0.4) is 0 Å². The van der Waals surface area contributed by atoms with Crippen LogP contribution in [0.25, 0.3) is 0 Å². The summed E-state index contributed by atoms with van der Waals surface area (Å²) in [7, 11) is 0. The van der Waals surface area contributed by atoms with Crippen molar-refractivity contribution in [2.45, 2.75) is 19.8 Å². The summed E-state index contributed by atoms with van der Waals surface area (Å²) in [6.45, 7) is 1.97. The van der Waals surface area contributed by atoms with Crippen molar-refractivity contribution in [2.75, 3.05) is 0 Å². The average molecular weight is 302 g/mol. The Morgan fingerprint density at radius 1 is 0.944 bits per heavy atom. The number of nitrogens with zero attached hydrogens (tertiary/aromatic N) is 2. The van der Waals surface area contributed by atoms with E-state index in [1.807, 2.05) is 31.2 Å². The van der Waals surface area contributed by atoms with Gasteiger partial charge in [-0.25, -0.2) is 9.97 Å². The van der Waals surface area contributed by atoms with E-state index in [0.717, 1.165) is 17.5 Å². The molecule has 94 valence electrons. The summed E-state index contributed by atoms with van der Waals surface area (Å²) in [5.41, 5.74) is 1.86. The molecule has 0 unspecified atom stereocenters. The number of rotatable bonds is 3. The Balaban J connectivity index is 2.27. The zero-order chi connectivity index (χ0) is 13.1. The van der Waals surface area contributed by atoms with Crippen molar-refractivity contribution in [1.29, 1.82) is 0 Å². The maximum atomic E-state index is 6.07. The molecule has 2 aromatic rings. The first-order valence-electron chi connectivity index (χ1n) is 5.55. The predicted molar refractivity (Wildman–Crippen MR) is 75.7 cm³/mol. The molecule has 0 aliphatic rings. The summed E-state index contributed by atoms with van der Waals surface area (Å²) < 4.78 is 0. The molecule has 1 aromatic carbocycles. The van der Waals surface area contributed by atoms with E-state index in [4.69, 9.17) is 34.8 Å². The maximum Gasteiger partial charge on any atom is 0.137 e. The summed E-state index contributed by atoms with van der Waals surface area (Å²) in [5.74, 6) is 0.615. The highest BCUT2D eigenvalue weighted by Crippen LogP contribution is 2.22. The third kappa shape index (κ3) is 3.14. The molecule has 0 N–H and O–H groups in total. The fourth-order valence-corrected chi connectivity index (χ4v) is 2.44. The van der Waals surface area contributed by atoms with Crippen molar-refractivity contribution in [2.24, 2.45) is 0 Å². The number of halogens is 3. The number of aromatic nitrogens is 2. The SMILES string of the molecule is CCc1c(Cl)nc(Cc2ccc(Cl)cc2)nc1Cl. The van der Waals surface area contributed by atoms with Crippen molar-refractivity contribution in [1.82, 2.24) is 9.97 Å². The minimum atomic E-state index is 0.432. The van der Waals surface area contributed by atoms with Crippen LogP contribution in [0.15, 0.2) is 24.3 Å². The molecule has 0 aliphatic heterocycles. The molecule has 0 radical (unpaired) electrons. The van der Waals surface area contributed by atoms with Crippen LogP contribution < -0.4 is 0 Å². The van der Waals surface area contributed by atoms with E-state index in [2.05, 4.69) is 9.97 Å². The monoisotopic (exact) mass is 300 g/mol. The summed E-state index contributed by atoms with van der Waals surface area (Å²) in [6.07, 6.45) is 1.31. The molecule has 18 heavy (non-hydrogen) atoms. The molecule has 0 fully saturated rings. The van der Waals surface area contributed by atoms with Crippen LogP contribution in [0, 0.1) is 0 Å². The van der Waals surface area contributed by atoms with Gasteiger partial charge in [0.15, 0.2) is 0 Å². The van der Waals surface area contributed by atoms with Gasteiger partial charge in [0, 0.05) is 17.0 Å². The number of hydrogen-bond acceptors (Lipinski definition) is 2. The summed E-state index contributed by atoms with van der Waals surface area (Å²) in [4.78, 5) is 8.52. The molecule has 0 saturated carbocycles. The van der Waals surface area contributed by atoms with E-state index < -0.39 is 0 Å². The fourth-order valence-electron chi connectivity index (χ4n) is 1.63. The zero-order valence-electron chi connectivity index (χ0n) is 9.75. The Hall–Kier alpha value is -0.830. The zero-order valence-corrected chi connectivity index (χ0v) is 12.0. The van der Waals surface area contributed by atoms with Gasteiger partial charge in [0.05, 0.1) is 0 Å². The minimum absolute atomic E-state index is 0.432. The van der Waals surface area contributed by atoms with Gasteiger partial charge in [-0.05, 0) is 24.1 Å². The van der Waals surface area contributed by atoms with Crippen molar-refractivity contribution < 1.29 is 0 Å². The van der Waals surface area contributed by atoms with Gasteiger partial charge in [-0.2, -0.15) is 0 Å². The van der Waals surface area contributed by atoms with Gasteiger partial charge in [0.1, 0.15) is 16.1 Å². The highest BCUT2D eigenvalue weighted by Gasteiger charge is 2.10. The molecule has 0 aliphatic carbocycles. The summed E-state index contributed by atoms with van der Waals surface area (Å²) in [5, 5.41) is 1.57. The average Bonchev–Trinajstić information content (AvgIpc) is 2.32. The molecule has 2 rings (SSSR count). The Morgan fingerprint density at radius 3 is 2.00 bits per heavy atom. The molecule has 1 aromatic heterocycles. The smallest absolute Gasteiger partial charge is 0.137 e. The van der Waals surface area contributed by atoms with Gasteiger partial charge in [-0.1, -0.05) is 53.9 Å². The standard InChI is InChI=1S/C13H11Cl3N2/c1-2-10-12(15)17-11(18-13(10)16)7-8-3-5-9(14)6-4-8/h3-6H,2,7H2,1H3. The van der Waals surface area contributed by atoms with E-state index in [1.165, 1.54) is 0 Å². The molecule has 5 heteroatoms. The van der Waals surface area contributed by atoms with Crippen LogP contribution in [-0.4, -0.2) is 9.97 Å². The topological polar surface area (TPSA) is 25.8 Å². The third-order valence-electron chi connectivity index (χ3n) is 2.58. The Kier molecular flexibility index (Phi) is 4.44. The Morgan fingerprint density at radius 2 is 1.50 bits per heavy atom. The second-order valence-corrected chi connectivity index (χ2v) is 5.01. The highest BCUT2D eigenvalue weighted by atomic mass is 35.5. The van der Waals surface area contributed by atoms with E-state index in [0.29, 0.717) is 27.6 Å². The van der Waals surface area contributed by atoms with Crippen molar-refractivity contribution in [3.8, 4) is 0 Å². The van der Waals surface area contributed by atoms with Crippen LogP contribution in [0.5, 0.6) is 0 Å². The third-order valence-corrected chi connectivity index (χ3v) is 3.46. The first-order valence-corrected chi connectivity index (χ1v) is 6.68. The summed E-state index contributed by atoms with van der Waals surface area (Å²) >= 11 is 18.0. The van der Waals surface area contributed by atoms with E-state index >= 15 is 0 Å².